The summed E-state index contributed by atoms with van der Waals surface area (Å²) in [6.07, 6.45) is -2.10. The molecule has 0 bridgehead atoms. The Labute approximate surface area is 252 Å². The Bertz CT molecular complexity index is 1670. The molecule has 0 atom stereocenters. The number of alkyl halides is 3. The van der Waals surface area contributed by atoms with Crippen LogP contribution in [0.2, 0.25) is 0 Å². The molecule has 0 saturated carbocycles. The highest BCUT2D eigenvalue weighted by Crippen LogP contribution is 2.47. The number of aromatic nitrogens is 3. The lowest BCUT2D eigenvalue weighted by molar-refractivity contribution is -0.140. The maximum absolute atomic E-state index is 14.7. The van der Waals surface area contributed by atoms with Crippen LogP contribution in [0.3, 0.4) is 0 Å². The molecule has 2 aromatic heterocycles. The van der Waals surface area contributed by atoms with Gasteiger partial charge in [0.15, 0.2) is 0 Å². The molecule has 0 radical (unpaired) electrons. The van der Waals surface area contributed by atoms with Gasteiger partial charge >= 0.3 is 6.18 Å². The minimum Gasteiger partial charge on any atom is -0.272 e. The summed E-state index contributed by atoms with van der Waals surface area (Å²) in [5.41, 5.74) is 7.18. The molecule has 5 aromatic rings. The van der Waals surface area contributed by atoms with Crippen molar-refractivity contribution in [3.05, 3.63) is 107 Å². The Balaban J connectivity index is 1.81. The van der Waals surface area contributed by atoms with E-state index < -0.39 is 11.9 Å². The largest absolute Gasteiger partial charge is 0.433 e. The van der Waals surface area contributed by atoms with Gasteiger partial charge in [0.25, 0.3) is 0 Å². The smallest absolute Gasteiger partial charge is 0.272 e. The fourth-order valence-corrected chi connectivity index (χ4v) is 5.77. The topological polar surface area (TPSA) is 41.6 Å². The minimum atomic E-state index is -4.63. The predicted molar refractivity (Wildman–Crippen MR) is 170 cm³/mol. The van der Waals surface area contributed by atoms with Gasteiger partial charge in [-0.15, -0.1) is 0 Å². The van der Waals surface area contributed by atoms with E-state index in [1.807, 2.05) is 107 Å². The number of pyridine rings is 1. The first-order valence-corrected chi connectivity index (χ1v) is 14.9. The van der Waals surface area contributed by atoms with Gasteiger partial charge in [-0.1, -0.05) is 114 Å². The molecule has 6 heteroatoms. The van der Waals surface area contributed by atoms with Crippen LogP contribution in [0.1, 0.15) is 75.8 Å². The third-order valence-corrected chi connectivity index (χ3v) is 7.80. The first kappa shape index (κ1) is 30.3. The number of nitrogens with one attached hydrogen (secondary N) is 1. The molecule has 0 spiro atoms. The van der Waals surface area contributed by atoms with E-state index >= 15 is 0 Å². The van der Waals surface area contributed by atoms with Crippen LogP contribution in [-0.2, 0) is 12.6 Å². The van der Waals surface area contributed by atoms with E-state index in [0.717, 1.165) is 45.4 Å². The number of nitrogens with zero attached hydrogens (tertiary/aromatic N) is 2. The van der Waals surface area contributed by atoms with Crippen LogP contribution in [0, 0.1) is 5.92 Å². The lowest BCUT2D eigenvalue weighted by Gasteiger charge is -2.23. The number of benzene rings is 3. The summed E-state index contributed by atoms with van der Waals surface area (Å²) in [5, 5.41) is 6.71. The van der Waals surface area contributed by atoms with Crippen molar-refractivity contribution >= 4 is 0 Å². The zero-order valence-electron chi connectivity index (χ0n) is 25.6. The molecule has 3 nitrogen and oxygen atoms in total. The van der Waals surface area contributed by atoms with Crippen molar-refractivity contribution in [3.63, 3.8) is 0 Å². The Morgan fingerprint density at radius 3 is 1.77 bits per heavy atom. The maximum atomic E-state index is 14.7. The summed E-state index contributed by atoms with van der Waals surface area (Å²) < 4.78 is 44.2. The fraction of sp³-hybridized carbons (Fsp3) is 0.297. The normalized spacial score (nSPS) is 12.1. The Hall–Kier alpha value is -4.19. The molecule has 2 heterocycles. The number of rotatable bonds is 8. The van der Waals surface area contributed by atoms with Crippen LogP contribution in [0.15, 0.2) is 85.1 Å². The quantitative estimate of drug-likeness (QED) is 0.198. The molecule has 3 aromatic carbocycles. The third kappa shape index (κ3) is 6.29. The zero-order valence-corrected chi connectivity index (χ0v) is 25.6. The van der Waals surface area contributed by atoms with Crippen LogP contribution in [0.25, 0.3) is 44.8 Å². The Morgan fingerprint density at radius 1 is 0.698 bits per heavy atom. The lowest BCUT2D eigenvalue weighted by atomic mass is 9.81. The molecular weight excluding hydrogens is 543 g/mol. The van der Waals surface area contributed by atoms with E-state index in [4.69, 9.17) is 4.98 Å². The average Bonchev–Trinajstić information content (AvgIpc) is 3.43. The first-order valence-electron chi connectivity index (χ1n) is 14.9. The van der Waals surface area contributed by atoms with Gasteiger partial charge in [0.2, 0.25) is 0 Å². The van der Waals surface area contributed by atoms with Crippen LogP contribution >= 0.6 is 0 Å². The molecule has 1 N–H and O–H groups in total. The van der Waals surface area contributed by atoms with Crippen molar-refractivity contribution in [2.45, 2.75) is 66.0 Å². The highest BCUT2D eigenvalue weighted by molar-refractivity contribution is 5.88. The second-order valence-electron chi connectivity index (χ2n) is 12.2. The van der Waals surface area contributed by atoms with Gasteiger partial charge in [0.05, 0.1) is 5.69 Å². The van der Waals surface area contributed by atoms with E-state index in [1.165, 1.54) is 0 Å². The van der Waals surface area contributed by atoms with Crippen LogP contribution in [0.5, 0.6) is 0 Å². The Kier molecular flexibility index (Phi) is 8.59. The van der Waals surface area contributed by atoms with Crippen LogP contribution in [0.4, 0.5) is 13.2 Å². The SMILES string of the molecule is CC(C)Cc1cc(-c2n[nH]c(C(F)(F)F)c2-c2c(C(C)C)cc(-c3ccccc3)cc2C(C)C)ncc1-c1ccccc1. The fourth-order valence-electron chi connectivity index (χ4n) is 5.77. The van der Waals surface area contributed by atoms with Crippen molar-refractivity contribution in [1.82, 2.24) is 15.2 Å². The van der Waals surface area contributed by atoms with E-state index in [2.05, 4.69) is 24.0 Å². The van der Waals surface area contributed by atoms with E-state index in [0.29, 0.717) is 17.2 Å². The molecule has 0 aliphatic heterocycles. The summed E-state index contributed by atoms with van der Waals surface area (Å²) >= 11 is 0. The number of aromatic amines is 1. The van der Waals surface area contributed by atoms with Crippen molar-refractivity contribution in [2.24, 2.45) is 5.92 Å². The average molecular weight is 582 g/mol. The van der Waals surface area contributed by atoms with E-state index in [9.17, 15) is 13.2 Å². The molecule has 5 rings (SSSR count). The number of hydrogen-bond acceptors (Lipinski definition) is 2. The number of hydrogen-bond donors (Lipinski definition) is 1. The van der Waals surface area contributed by atoms with Crippen LogP contribution in [-0.4, -0.2) is 15.2 Å². The van der Waals surface area contributed by atoms with Gasteiger partial charge in [0, 0.05) is 17.3 Å². The van der Waals surface area contributed by atoms with Gasteiger partial charge in [-0.3, -0.25) is 10.1 Å². The Morgan fingerprint density at radius 2 is 1.26 bits per heavy atom. The van der Waals surface area contributed by atoms with Crippen LogP contribution < -0.4 is 0 Å². The van der Waals surface area contributed by atoms with Gasteiger partial charge in [0.1, 0.15) is 11.4 Å². The molecule has 0 saturated heterocycles. The second kappa shape index (κ2) is 12.2. The summed E-state index contributed by atoms with van der Waals surface area (Å²) in [7, 11) is 0. The monoisotopic (exact) mass is 581 g/mol. The highest BCUT2D eigenvalue weighted by Gasteiger charge is 2.40. The van der Waals surface area contributed by atoms with Crippen molar-refractivity contribution < 1.29 is 13.2 Å². The first-order chi connectivity index (χ1) is 20.5. The molecule has 222 valence electrons. The number of halogens is 3. The maximum Gasteiger partial charge on any atom is 0.433 e. The number of H-pyrrole nitrogens is 1. The minimum absolute atomic E-state index is 0.0371. The summed E-state index contributed by atoms with van der Waals surface area (Å²) in [4.78, 5) is 4.74. The zero-order chi connectivity index (χ0) is 30.9. The van der Waals surface area contributed by atoms with Gasteiger partial charge in [-0.25, -0.2) is 0 Å². The molecule has 0 aliphatic rings. The highest BCUT2D eigenvalue weighted by atomic mass is 19.4. The molecule has 43 heavy (non-hydrogen) atoms. The van der Waals surface area contributed by atoms with Crippen molar-refractivity contribution in [1.29, 1.82) is 0 Å². The second-order valence-corrected chi connectivity index (χ2v) is 12.2. The molecule has 0 amide bonds. The van der Waals surface area contributed by atoms with E-state index in [-0.39, 0.29) is 23.1 Å². The molecule has 0 aliphatic carbocycles. The van der Waals surface area contributed by atoms with Gasteiger partial charge < -0.3 is 0 Å². The van der Waals surface area contributed by atoms with Crippen molar-refractivity contribution in [2.75, 3.05) is 0 Å². The summed E-state index contributed by atoms with van der Waals surface area (Å²) in [6.45, 7) is 12.4. The predicted octanol–water partition coefficient (Wildman–Crippen LogP) is 10.9. The van der Waals surface area contributed by atoms with Gasteiger partial charge in [-0.2, -0.15) is 18.3 Å². The summed E-state index contributed by atoms with van der Waals surface area (Å²) in [6, 6.07) is 25.9. The lowest BCUT2D eigenvalue weighted by Crippen LogP contribution is -2.10. The molecular formula is C37H38F3N3. The third-order valence-electron chi connectivity index (χ3n) is 7.80. The molecule has 0 fully saturated rings. The van der Waals surface area contributed by atoms with Crippen molar-refractivity contribution in [3.8, 4) is 44.8 Å². The molecule has 0 unspecified atom stereocenters. The summed E-state index contributed by atoms with van der Waals surface area (Å²) in [5.74, 6) is 0.266. The standard InChI is InChI=1S/C37H38F3N3/c1-22(2)17-28-20-32(41-21-31(28)26-15-11-8-12-16-26)35-34(36(43-42-35)37(38,39)40)33-29(23(3)4)18-27(19-30(33)24(5)6)25-13-9-7-10-14-25/h7-16,18-24H,17H2,1-6H3,(H,42,43). The van der Waals surface area contributed by atoms with Gasteiger partial charge in [-0.05, 0) is 69.2 Å². The van der Waals surface area contributed by atoms with E-state index in [1.54, 1.807) is 6.20 Å².